The van der Waals surface area contributed by atoms with Crippen molar-refractivity contribution in [2.24, 2.45) is 9.98 Å². The number of aromatic nitrogens is 2. The number of hydrogen-bond acceptors (Lipinski definition) is 2. The molecule has 0 spiro atoms. The third kappa shape index (κ3) is 6.75. The van der Waals surface area contributed by atoms with Crippen LogP contribution in [-0.4, -0.2) is 11.9 Å². The van der Waals surface area contributed by atoms with Crippen LogP contribution in [0.4, 0.5) is 0 Å². The maximum Gasteiger partial charge on any atom is 2.00 e. The van der Waals surface area contributed by atoms with Crippen LogP contribution in [0, 0.1) is 20.8 Å². The topological polar surface area (TPSA) is 52.9 Å². The second-order valence-electron chi connectivity index (χ2n) is 10.9. The molecule has 4 nitrogen and oxygen atoms in total. The molecule has 39 heavy (non-hydrogen) atoms. The number of aryl methyl sites for hydroxylation is 2. The summed E-state index contributed by atoms with van der Waals surface area (Å²) in [6.07, 6.45) is 17.4. The van der Waals surface area contributed by atoms with Crippen molar-refractivity contribution in [1.82, 2.24) is 9.97 Å². The van der Waals surface area contributed by atoms with Gasteiger partial charge in [0.05, 0.1) is 11.4 Å². The molecule has 0 amide bonds. The van der Waals surface area contributed by atoms with Crippen LogP contribution in [0.2, 0.25) is 0 Å². The minimum Gasteiger partial charge on any atom is -0.664 e. The molecule has 5 heteroatoms. The first kappa shape index (κ1) is 30.9. The first-order chi connectivity index (χ1) is 18.2. The zero-order valence-corrected chi connectivity index (χ0v) is 26.1. The van der Waals surface area contributed by atoms with Gasteiger partial charge in [-0.15, -0.1) is 11.4 Å². The van der Waals surface area contributed by atoms with Crippen molar-refractivity contribution in [3.63, 3.8) is 0 Å². The SMILES string of the molecule is CCC1=C(C)C=N/C1=C/c1[n-]c(C)c(CCCCCCC2=C(C)/C(=C/c3[n-]cc(C)c3CC)N=C2C)c1C.[Co+2]. The Labute approximate surface area is 246 Å². The minimum atomic E-state index is 0. The Morgan fingerprint density at radius 3 is 2.15 bits per heavy atom. The van der Waals surface area contributed by atoms with Gasteiger partial charge >= 0.3 is 16.8 Å². The first-order valence-corrected chi connectivity index (χ1v) is 14.4. The van der Waals surface area contributed by atoms with Crippen molar-refractivity contribution in [3.05, 3.63) is 79.2 Å². The summed E-state index contributed by atoms with van der Waals surface area (Å²) in [5.74, 6) is 0. The molecule has 0 fully saturated rings. The van der Waals surface area contributed by atoms with Crippen LogP contribution in [0.15, 0.2) is 49.9 Å². The van der Waals surface area contributed by atoms with Gasteiger partial charge < -0.3 is 9.97 Å². The fourth-order valence-electron chi connectivity index (χ4n) is 5.97. The number of rotatable bonds is 11. The van der Waals surface area contributed by atoms with Crippen LogP contribution in [0.25, 0.3) is 12.2 Å². The average Bonchev–Trinajstić information content (AvgIpc) is 3.58. The molecule has 1 radical (unpaired) electrons. The number of nitrogens with zero attached hydrogens (tertiary/aromatic N) is 4. The largest absolute Gasteiger partial charge is 2.00 e. The Morgan fingerprint density at radius 1 is 0.769 bits per heavy atom. The van der Waals surface area contributed by atoms with E-state index in [1.54, 1.807) is 0 Å². The molecule has 0 N–H and O–H groups in total. The van der Waals surface area contributed by atoms with E-state index in [1.807, 2.05) is 12.4 Å². The maximum absolute atomic E-state index is 4.90. The van der Waals surface area contributed by atoms with Gasteiger partial charge in [-0.1, -0.05) is 68.0 Å². The third-order valence-electron chi connectivity index (χ3n) is 8.35. The average molecular weight is 568 g/mol. The summed E-state index contributed by atoms with van der Waals surface area (Å²) in [5, 5.41) is 0. The molecule has 209 valence electrons. The van der Waals surface area contributed by atoms with E-state index in [0.717, 1.165) is 48.5 Å². The molecular formula is C34H44CoN4. The Kier molecular flexibility index (Phi) is 10.8. The van der Waals surface area contributed by atoms with E-state index in [2.05, 4.69) is 77.5 Å². The molecule has 2 aliphatic rings. The van der Waals surface area contributed by atoms with Gasteiger partial charge in [-0.05, 0) is 95.4 Å². The standard InChI is InChI=1S/C34H44N4.Co/c1-9-27-21(3)19-35-33(27)17-31-23(5)29(25(7)37-31)15-13-11-12-14-16-30-24(6)32(38-26(30)8)18-34-28(10-2)22(4)20-36-34;/h17-20H,9-16H2,1-8H3;/q-2;+2/b31-17-,34-18+;. The number of unbranched alkanes of at least 4 members (excludes halogenated alkanes) is 3. The monoisotopic (exact) mass is 567 g/mol. The molecular weight excluding hydrogens is 523 g/mol. The number of aliphatic imine (C=N–C) groups is 2. The second kappa shape index (κ2) is 13.6. The van der Waals surface area contributed by atoms with Crippen LogP contribution in [0.5, 0.6) is 0 Å². The number of hydrogen-bond donors (Lipinski definition) is 0. The van der Waals surface area contributed by atoms with E-state index >= 15 is 0 Å². The van der Waals surface area contributed by atoms with Gasteiger partial charge in [0.15, 0.2) is 0 Å². The first-order valence-electron chi connectivity index (χ1n) is 14.4. The van der Waals surface area contributed by atoms with Crippen molar-refractivity contribution in [2.45, 2.75) is 107 Å². The van der Waals surface area contributed by atoms with Gasteiger partial charge in [0.25, 0.3) is 0 Å². The van der Waals surface area contributed by atoms with Gasteiger partial charge in [-0.2, -0.15) is 11.9 Å². The van der Waals surface area contributed by atoms with Gasteiger partial charge in [-0.3, -0.25) is 9.98 Å². The molecule has 0 aliphatic carbocycles. The van der Waals surface area contributed by atoms with Crippen LogP contribution in [0.1, 0.15) is 112 Å². The smallest absolute Gasteiger partial charge is 0.664 e. The van der Waals surface area contributed by atoms with E-state index in [0.29, 0.717) is 0 Å². The summed E-state index contributed by atoms with van der Waals surface area (Å²) in [4.78, 5) is 19.0. The predicted molar refractivity (Wildman–Crippen MR) is 163 cm³/mol. The third-order valence-corrected chi connectivity index (χ3v) is 8.35. The van der Waals surface area contributed by atoms with Crippen LogP contribution in [-0.2, 0) is 29.6 Å². The summed E-state index contributed by atoms with van der Waals surface area (Å²) in [7, 11) is 0. The van der Waals surface area contributed by atoms with Gasteiger partial charge in [0, 0.05) is 11.9 Å². The van der Waals surface area contributed by atoms with Crippen molar-refractivity contribution >= 4 is 24.1 Å². The molecule has 2 aromatic rings. The van der Waals surface area contributed by atoms with E-state index in [1.165, 1.54) is 81.6 Å². The Bertz CT molecular complexity index is 1380. The fraction of sp³-hybridized carbons (Fsp3) is 0.471. The summed E-state index contributed by atoms with van der Waals surface area (Å²) in [6, 6.07) is 0. The molecule has 0 bridgehead atoms. The molecule has 4 heterocycles. The van der Waals surface area contributed by atoms with Crippen LogP contribution >= 0.6 is 0 Å². The second-order valence-corrected chi connectivity index (χ2v) is 10.9. The van der Waals surface area contributed by atoms with Crippen molar-refractivity contribution in [3.8, 4) is 0 Å². The van der Waals surface area contributed by atoms with Crippen LogP contribution in [0.3, 0.4) is 0 Å². The molecule has 0 aromatic carbocycles. The molecule has 2 aromatic heterocycles. The van der Waals surface area contributed by atoms with Gasteiger partial charge in [0.2, 0.25) is 0 Å². The summed E-state index contributed by atoms with van der Waals surface area (Å²) < 4.78 is 0. The molecule has 0 atom stereocenters. The van der Waals surface area contributed by atoms with Crippen molar-refractivity contribution in [2.75, 3.05) is 0 Å². The van der Waals surface area contributed by atoms with E-state index in [-0.39, 0.29) is 16.8 Å². The molecule has 2 aliphatic heterocycles. The minimum absolute atomic E-state index is 0. The maximum atomic E-state index is 4.90. The van der Waals surface area contributed by atoms with Crippen LogP contribution < -0.4 is 9.97 Å². The Balaban J connectivity index is 0.00000420. The molecule has 0 saturated carbocycles. The molecule has 0 unspecified atom stereocenters. The van der Waals surface area contributed by atoms with E-state index < -0.39 is 0 Å². The quantitative estimate of drug-likeness (QED) is 0.256. The van der Waals surface area contributed by atoms with E-state index in [4.69, 9.17) is 9.98 Å². The van der Waals surface area contributed by atoms with Gasteiger partial charge in [0.1, 0.15) is 0 Å². The summed E-state index contributed by atoms with van der Waals surface area (Å²) in [5.41, 5.74) is 17.4. The van der Waals surface area contributed by atoms with Crippen molar-refractivity contribution < 1.29 is 16.8 Å². The normalized spacial score (nSPS) is 17.3. The fourth-order valence-corrected chi connectivity index (χ4v) is 5.97. The van der Waals surface area contributed by atoms with Crippen molar-refractivity contribution in [1.29, 1.82) is 0 Å². The van der Waals surface area contributed by atoms with Gasteiger partial charge in [-0.25, -0.2) is 0 Å². The molecule has 4 rings (SSSR count). The Hall–Kier alpha value is -2.63. The zero-order valence-electron chi connectivity index (χ0n) is 25.1. The predicted octanol–water partition coefficient (Wildman–Crippen LogP) is 8.56. The zero-order chi connectivity index (χ0) is 27.4. The summed E-state index contributed by atoms with van der Waals surface area (Å²) in [6.45, 7) is 17.4. The molecule has 0 saturated heterocycles. The summed E-state index contributed by atoms with van der Waals surface area (Å²) >= 11 is 0. The van der Waals surface area contributed by atoms with E-state index in [9.17, 15) is 0 Å². The number of allylic oxidation sites excluding steroid dienone is 4. The Morgan fingerprint density at radius 2 is 1.46 bits per heavy atom.